The second kappa shape index (κ2) is 2.99. The zero-order valence-corrected chi connectivity index (χ0v) is 7.35. The van der Waals surface area contributed by atoms with Crippen molar-refractivity contribution in [3.05, 3.63) is 44.9 Å². The molecule has 0 bridgehead atoms. The zero-order chi connectivity index (χ0) is 10.1. The minimum atomic E-state index is -0.536. The fourth-order valence-corrected chi connectivity index (χ4v) is 1.06. The van der Waals surface area contributed by atoms with Gasteiger partial charge in [-0.05, 0) is 6.92 Å². The first-order valence-corrected chi connectivity index (χ1v) is 3.92. The predicted octanol–water partition coefficient (Wildman–Crippen LogP) is -0.178. The molecule has 0 spiro atoms. The van der Waals surface area contributed by atoms with Crippen molar-refractivity contribution in [2.45, 2.75) is 6.92 Å². The van der Waals surface area contributed by atoms with Crippen molar-refractivity contribution in [3.63, 3.8) is 0 Å². The van der Waals surface area contributed by atoms with E-state index in [9.17, 15) is 9.59 Å². The van der Waals surface area contributed by atoms with E-state index in [1.807, 2.05) is 0 Å². The molecular formula is C8H7N3O3. The Balaban J connectivity index is 2.63. The van der Waals surface area contributed by atoms with Gasteiger partial charge in [0.25, 0.3) is 5.56 Å². The number of rotatable bonds is 1. The molecule has 2 aromatic rings. The van der Waals surface area contributed by atoms with Gasteiger partial charge in [0.05, 0.1) is 0 Å². The molecule has 2 rings (SSSR count). The van der Waals surface area contributed by atoms with Gasteiger partial charge in [-0.2, -0.15) is 0 Å². The highest BCUT2D eigenvalue weighted by Crippen LogP contribution is 2.03. The summed E-state index contributed by atoms with van der Waals surface area (Å²) in [4.78, 5) is 24.2. The lowest BCUT2D eigenvalue weighted by Crippen LogP contribution is -2.27. The summed E-state index contributed by atoms with van der Waals surface area (Å²) in [6.07, 6.45) is 1.35. The standard InChI is InChI=1S/C8H7N3O3/c1-5-4-6(10-14-5)11-3-2-7(12)9-8(11)13/h2-4H,1H3,(H,9,12,13). The van der Waals surface area contributed by atoms with Gasteiger partial charge in [0.1, 0.15) is 5.76 Å². The molecule has 0 unspecified atom stereocenters. The van der Waals surface area contributed by atoms with Gasteiger partial charge in [-0.3, -0.25) is 14.3 Å². The van der Waals surface area contributed by atoms with Crippen LogP contribution in [0.1, 0.15) is 5.76 Å². The molecule has 0 aliphatic carbocycles. The molecule has 6 heteroatoms. The van der Waals surface area contributed by atoms with E-state index in [-0.39, 0.29) is 0 Å². The number of H-pyrrole nitrogens is 1. The molecule has 0 radical (unpaired) electrons. The van der Waals surface area contributed by atoms with E-state index in [0.717, 1.165) is 0 Å². The van der Waals surface area contributed by atoms with E-state index >= 15 is 0 Å². The smallest absolute Gasteiger partial charge is 0.334 e. The highest BCUT2D eigenvalue weighted by atomic mass is 16.5. The van der Waals surface area contributed by atoms with Crippen LogP contribution in [0.25, 0.3) is 5.82 Å². The second-order valence-electron chi connectivity index (χ2n) is 2.78. The summed E-state index contributed by atoms with van der Waals surface area (Å²) >= 11 is 0. The van der Waals surface area contributed by atoms with E-state index in [1.54, 1.807) is 13.0 Å². The van der Waals surface area contributed by atoms with E-state index in [1.165, 1.54) is 16.8 Å². The highest BCUT2D eigenvalue weighted by molar-refractivity contribution is 5.20. The molecular weight excluding hydrogens is 186 g/mol. The lowest BCUT2D eigenvalue weighted by atomic mass is 10.5. The summed E-state index contributed by atoms with van der Waals surface area (Å²) in [5.41, 5.74) is -0.975. The van der Waals surface area contributed by atoms with Gasteiger partial charge in [-0.25, -0.2) is 4.79 Å². The molecule has 2 aromatic heterocycles. The van der Waals surface area contributed by atoms with Gasteiger partial charge < -0.3 is 4.52 Å². The van der Waals surface area contributed by atoms with Crippen molar-refractivity contribution in [2.24, 2.45) is 0 Å². The molecule has 0 aliphatic rings. The van der Waals surface area contributed by atoms with E-state index in [4.69, 9.17) is 4.52 Å². The third-order valence-electron chi connectivity index (χ3n) is 1.69. The monoisotopic (exact) mass is 193 g/mol. The fourth-order valence-electron chi connectivity index (χ4n) is 1.06. The molecule has 0 aromatic carbocycles. The van der Waals surface area contributed by atoms with Gasteiger partial charge in [0.2, 0.25) is 0 Å². The van der Waals surface area contributed by atoms with Crippen molar-refractivity contribution in [2.75, 3.05) is 0 Å². The Kier molecular flexibility index (Phi) is 1.81. The molecule has 0 amide bonds. The molecule has 14 heavy (non-hydrogen) atoms. The van der Waals surface area contributed by atoms with Crippen LogP contribution in [0.4, 0.5) is 0 Å². The summed E-state index contributed by atoms with van der Waals surface area (Å²) in [7, 11) is 0. The maximum Gasteiger partial charge on any atom is 0.334 e. The van der Waals surface area contributed by atoms with Gasteiger partial charge in [0, 0.05) is 18.3 Å². The lowest BCUT2D eigenvalue weighted by Gasteiger charge is -1.95. The van der Waals surface area contributed by atoms with Crippen molar-refractivity contribution >= 4 is 0 Å². The van der Waals surface area contributed by atoms with Crippen LogP contribution in [-0.2, 0) is 0 Å². The Morgan fingerprint density at radius 2 is 2.29 bits per heavy atom. The Morgan fingerprint density at radius 3 is 2.86 bits per heavy atom. The third-order valence-corrected chi connectivity index (χ3v) is 1.69. The first kappa shape index (κ1) is 8.49. The van der Waals surface area contributed by atoms with E-state index in [0.29, 0.717) is 11.6 Å². The molecule has 1 N–H and O–H groups in total. The fraction of sp³-hybridized carbons (Fsp3) is 0.125. The first-order valence-electron chi connectivity index (χ1n) is 3.92. The number of nitrogens with zero attached hydrogens (tertiary/aromatic N) is 2. The molecule has 0 aliphatic heterocycles. The van der Waals surface area contributed by atoms with Gasteiger partial charge >= 0.3 is 5.69 Å². The summed E-state index contributed by atoms with van der Waals surface area (Å²) in [5.74, 6) is 0.946. The van der Waals surface area contributed by atoms with Crippen LogP contribution in [0.2, 0.25) is 0 Å². The number of aromatic amines is 1. The average molecular weight is 193 g/mol. The maximum absolute atomic E-state index is 11.3. The molecule has 0 saturated heterocycles. The normalized spacial score (nSPS) is 10.4. The van der Waals surface area contributed by atoms with Crippen LogP contribution in [0, 0.1) is 6.92 Å². The Morgan fingerprint density at radius 1 is 1.50 bits per heavy atom. The van der Waals surface area contributed by atoms with Crippen LogP contribution in [0.3, 0.4) is 0 Å². The SMILES string of the molecule is Cc1cc(-n2ccc(=O)[nH]c2=O)no1. The molecule has 6 nitrogen and oxygen atoms in total. The van der Waals surface area contributed by atoms with Crippen LogP contribution >= 0.6 is 0 Å². The quantitative estimate of drug-likeness (QED) is 0.681. The largest absolute Gasteiger partial charge is 0.360 e. The first-order chi connectivity index (χ1) is 6.66. The summed E-state index contributed by atoms with van der Waals surface area (Å²) in [5, 5.41) is 3.64. The number of hydrogen-bond acceptors (Lipinski definition) is 4. The molecule has 0 atom stereocenters. The zero-order valence-electron chi connectivity index (χ0n) is 7.35. The Labute approximate surface area is 77.8 Å². The maximum atomic E-state index is 11.3. The summed E-state index contributed by atoms with van der Waals surface area (Å²) in [6, 6.07) is 2.84. The third kappa shape index (κ3) is 1.37. The van der Waals surface area contributed by atoms with Crippen LogP contribution < -0.4 is 11.2 Å². The number of hydrogen-bond donors (Lipinski definition) is 1. The second-order valence-corrected chi connectivity index (χ2v) is 2.78. The van der Waals surface area contributed by atoms with Crippen molar-refractivity contribution in [3.8, 4) is 5.82 Å². The Bertz CT molecular complexity index is 563. The number of nitrogens with one attached hydrogen (secondary N) is 1. The summed E-state index contributed by atoms with van der Waals surface area (Å²) < 4.78 is 5.99. The summed E-state index contributed by atoms with van der Waals surface area (Å²) in [6.45, 7) is 1.72. The molecule has 72 valence electrons. The highest BCUT2D eigenvalue weighted by Gasteiger charge is 2.04. The molecule has 0 saturated carbocycles. The molecule has 2 heterocycles. The van der Waals surface area contributed by atoms with E-state index in [2.05, 4.69) is 10.1 Å². The number of aryl methyl sites for hydroxylation is 1. The lowest BCUT2D eigenvalue weighted by molar-refractivity contribution is 0.394. The predicted molar refractivity (Wildman–Crippen MR) is 47.5 cm³/mol. The topological polar surface area (TPSA) is 80.9 Å². The van der Waals surface area contributed by atoms with E-state index < -0.39 is 11.2 Å². The van der Waals surface area contributed by atoms with Gasteiger partial charge in [-0.15, -0.1) is 0 Å². The van der Waals surface area contributed by atoms with Crippen LogP contribution in [-0.4, -0.2) is 14.7 Å². The molecule has 0 fully saturated rings. The average Bonchev–Trinajstić information content (AvgIpc) is 2.51. The van der Waals surface area contributed by atoms with Crippen LogP contribution in [0.15, 0.2) is 32.4 Å². The van der Waals surface area contributed by atoms with Crippen molar-refractivity contribution in [1.82, 2.24) is 14.7 Å². The Hall–Kier alpha value is -2.11. The number of aromatic nitrogens is 3. The minimum absolute atomic E-state index is 0.351. The van der Waals surface area contributed by atoms with Gasteiger partial charge in [0.15, 0.2) is 5.82 Å². The van der Waals surface area contributed by atoms with Crippen LogP contribution in [0.5, 0.6) is 0 Å². The minimum Gasteiger partial charge on any atom is -0.360 e. The van der Waals surface area contributed by atoms with Crippen molar-refractivity contribution in [1.29, 1.82) is 0 Å². The van der Waals surface area contributed by atoms with Gasteiger partial charge in [-0.1, -0.05) is 5.16 Å². The van der Waals surface area contributed by atoms with Crippen molar-refractivity contribution < 1.29 is 4.52 Å².